The van der Waals surface area contributed by atoms with Gasteiger partial charge in [-0.3, -0.25) is 4.79 Å². The zero-order valence-electron chi connectivity index (χ0n) is 14.5. The number of nitrogens with zero attached hydrogens (tertiary/aromatic N) is 1. The fourth-order valence-corrected chi connectivity index (χ4v) is 3.08. The first kappa shape index (κ1) is 17.5. The molecule has 0 fully saturated rings. The maximum absolute atomic E-state index is 13.2. The summed E-state index contributed by atoms with van der Waals surface area (Å²) in [5.41, 5.74) is 0.969. The van der Waals surface area contributed by atoms with Crippen LogP contribution in [0.2, 0.25) is 5.02 Å². The monoisotopic (exact) mass is 383 g/mol. The number of ether oxygens (including phenoxy) is 2. The lowest BCUT2D eigenvalue weighted by atomic mass is 10.2. The van der Waals surface area contributed by atoms with Crippen LogP contribution in [0.1, 0.15) is 11.3 Å². The molecule has 0 N–H and O–H groups in total. The first-order chi connectivity index (χ1) is 13.2. The number of halogens is 1. The zero-order valence-corrected chi connectivity index (χ0v) is 15.3. The summed E-state index contributed by atoms with van der Waals surface area (Å²) in [4.78, 5) is 14.9. The van der Waals surface area contributed by atoms with Crippen molar-refractivity contribution in [2.24, 2.45) is 0 Å². The van der Waals surface area contributed by atoms with Gasteiger partial charge in [-0.25, -0.2) is 0 Å². The fourth-order valence-electron chi connectivity index (χ4n) is 2.96. The van der Waals surface area contributed by atoms with Crippen molar-refractivity contribution in [3.63, 3.8) is 0 Å². The molecule has 2 heterocycles. The van der Waals surface area contributed by atoms with Crippen molar-refractivity contribution in [2.45, 2.75) is 19.2 Å². The molecule has 1 unspecified atom stereocenters. The molecule has 27 heavy (non-hydrogen) atoms. The Morgan fingerprint density at radius 2 is 1.78 bits per heavy atom. The SMILES string of the molecule is O=C(C1COc2ccccc2O1)N(Cc1ccc(Cl)cc1)Cc1ccco1. The third-order valence-corrected chi connectivity index (χ3v) is 4.56. The molecule has 138 valence electrons. The summed E-state index contributed by atoms with van der Waals surface area (Å²) in [7, 11) is 0. The van der Waals surface area contributed by atoms with E-state index in [2.05, 4.69) is 0 Å². The van der Waals surface area contributed by atoms with Crippen LogP contribution in [0, 0.1) is 0 Å². The number of carbonyl (C=O) groups is 1. The molecule has 5 nitrogen and oxygen atoms in total. The highest BCUT2D eigenvalue weighted by Gasteiger charge is 2.31. The lowest BCUT2D eigenvalue weighted by molar-refractivity contribution is -0.142. The van der Waals surface area contributed by atoms with Gasteiger partial charge in [-0.15, -0.1) is 0 Å². The Morgan fingerprint density at radius 3 is 2.52 bits per heavy atom. The van der Waals surface area contributed by atoms with Gasteiger partial charge in [-0.2, -0.15) is 0 Å². The van der Waals surface area contributed by atoms with E-state index in [1.54, 1.807) is 23.3 Å². The number of amides is 1. The minimum absolute atomic E-state index is 0.157. The topological polar surface area (TPSA) is 51.9 Å². The molecule has 0 bridgehead atoms. The number of hydrogen-bond acceptors (Lipinski definition) is 4. The molecule has 4 rings (SSSR count). The van der Waals surface area contributed by atoms with Crippen LogP contribution < -0.4 is 9.47 Å². The molecule has 0 saturated carbocycles. The van der Waals surface area contributed by atoms with Gasteiger partial charge < -0.3 is 18.8 Å². The largest absolute Gasteiger partial charge is 0.485 e. The van der Waals surface area contributed by atoms with E-state index in [-0.39, 0.29) is 12.5 Å². The lowest BCUT2D eigenvalue weighted by Gasteiger charge is -2.30. The number of hydrogen-bond donors (Lipinski definition) is 0. The summed E-state index contributed by atoms with van der Waals surface area (Å²) in [5.74, 6) is 1.77. The number of furan rings is 1. The number of rotatable bonds is 5. The van der Waals surface area contributed by atoms with Crippen molar-refractivity contribution in [1.82, 2.24) is 4.90 Å². The van der Waals surface area contributed by atoms with Crippen molar-refractivity contribution in [2.75, 3.05) is 6.61 Å². The maximum atomic E-state index is 13.2. The molecule has 1 aromatic heterocycles. The highest BCUT2D eigenvalue weighted by molar-refractivity contribution is 6.30. The van der Waals surface area contributed by atoms with Gasteiger partial charge in [-0.1, -0.05) is 35.9 Å². The molecule has 0 spiro atoms. The number of carbonyl (C=O) groups excluding carboxylic acids is 1. The second-order valence-electron chi connectivity index (χ2n) is 6.26. The Kier molecular flexibility index (Phi) is 5.03. The van der Waals surface area contributed by atoms with Gasteiger partial charge in [-0.05, 0) is 42.0 Å². The van der Waals surface area contributed by atoms with Crippen molar-refractivity contribution in [1.29, 1.82) is 0 Å². The van der Waals surface area contributed by atoms with Gasteiger partial charge in [0, 0.05) is 11.6 Å². The average Bonchev–Trinajstić information content (AvgIpc) is 3.21. The molecule has 0 radical (unpaired) electrons. The van der Waals surface area contributed by atoms with Crippen LogP contribution >= 0.6 is 11.6 Å². The normalized spacial score (nSPS) is 15.4. The summed E-state index contributed by atoms with van der Waals surface area (Å²) in [6.07, 6.45) is 0.888. The molecule has 3 aromatic rings. The van der Waals surface area contributed by atoms with Gasteiger partial charge in [0.1, 0.15) is 12.4 Å². The van der Waals surface area contributed by atoms with E-state index in [1.165, 1.54) is 0 Å². The molecular weight excluding hydrogens is 366 g/mol. The highest BCUT2D eigenvalue weighted by Crippen LogP contribution is 2.31. The second-order valence-corrected chi connectivity index (χ2v) is 6.70. The van der Waals surface area contributed by atoms with E-state index in [0.29, 0.717) is 35.4 Å². The van der Waals surface area contributed by atoms with E-state index < -0.39 is 6.10 Å². The third kappa shape index (κ3) is 4.09. The molecule has 1 aliphatic heterocycles. The summed E-state index contributed by atoms with van der Waals surface area (Å²) in [6, 6.07) is 18.4. The van der Waals surface area contributed by atoms with E-state index in [0.717, 1.165) is 5.56 Å². The Balaban J connectivity index is 1.54. The Morgan fingerprint density at radius 1 is 1.00 bits per heavy atom. The van der Waals surface area contributed by atoms with Crippen LogP contribution in [-0.2, 0) is 17.9 Å². The van der Waals surface area contributed by atoms with Crippen LogP contribution in [0.3, 0.4) is 0 Å². The van der Waals surface area contributed by atoms with Gasteiger partial charge in [0.05, 0.1) is 12.8 Å². The van der Waals surface area contributed by atoms with Crippen molar-refractivity contribution < 1.29 is 18.7 Å². The summed E-state index contributed by atoms with van der Waals surface area (Å²) < 4.78 is 17.0. The van der Waals surface area contributed by atoms with Gasteiger partial charge in [0.25, 0.3) is 5.91 Å². The first-order valence-electron chi connectivity index (χ1n) is 8.63. The lowest BCUT2D eigenvalue weighted by Crippen LogP contribution is -2.45. The third-order valence-electron chi connectivity index (χ3n) is 4.31. The van der Waals surface area contributed by atoms with E-state index in [4.69, 9.17) is 25.5 Å². The molecule has 2 aromatic carbocycles. The molecule has 1 aliphatic rings. The highest BCUT2D eigenvalue weighted by atomic mass is 35.5. The van der Waals surface area contributed by atoms with E-state index in [9.17, 15) is 4.79 Å². The zero-order chi connectivity index (χ0) is 18.6. The van der Waals surface area contributed by atoms with Crippen LogP contribution in [0.4, 0.5) is 0 Å². The van der Waals surface area contributed by atoms with Gasteiger partial charge in [0.2, 0.25) is 6.10 Å². The van der Waals surface area contributed by atoms with Crippen LogP contribution in [0.25, 0.3) is 0 Å². The number of para-hydroxylation sites is 2. The maximum Gasteiger partial charge on any atom is 0.267 e. The van der Waals surface area contributed by atoms with Crippen LogP contribution in [-0.4, -0.2) is 23.5 Å². The Hall–Kier alpha value is -2.92. The minimum Gasteiger partial charge on any atom is -0.485 e. The second kappa shape index (κ2) is 7.76. The Bertz CT molecular complexity index is 908. The predicted molar refractivity (Wildman–Crippen MR) is 101 cm³/mol. The van der Waals surface area contributed by atoms with Crippen LogP contribution in [0.5, 0.6) is 11.5 Å². The van der Waals surface area contributed by atoms with Crippen molar-refractivity contribution in [3.05, 3.63) is 83.3 Å². The van der Waals surface area contributed by atoms with Crippen molar-refractivity contribution >= 4 is 17.5 Å². The van der Waals surface area contributed by atoms with Gasteiger partial charge in [0.15, 0.2) is 11.5 Å². The smallest absolute Gasteiger partial charge is 0.267 e. The number of benzene rings is 2. The molecular formula is C21H18ClNO4. The standard InChI is InChI=1S/C21H18ClNO4/c22-16-9-7-15(8-10-16)12-23(13-17-4-3-11-25-17)21(24)20-14-26-18-5-1-2-6-19(18)27-20/h1-11,20H,12-14H2. The molecule has 1 atom stereocenters. The fraction of sp³-hybridized carbons (Fsp3) is 0.190. The summed E-state index contributed by atoms with van der Waals surface area (Å²) in [6.45, 7) is 0.930. The minimum atomic E-state index is -0.706. The molecule has 0 aliphatic carbocycles. The van der Waals surface area contributed by atoms with Crippen molar-refractivity contribution in [3.8, 4) is 11.5 Å². The quantitative estimate of drug-likeness (QED) is 0.659. The van der Waals surface area contributed by atoms with E-state index in [1.807, 2.05) is 48.5 Å². The van der Waals surface area contributed by atoms with E-state index >= 15 is 0 Å². The predicted octanol–water partition coefficient (Wildman–Crippen LogP) is 4.30. The summed E-state index contributed by atoms with van der Waals surface area (Å²) >= 11 is 5.96. The first-order valence-corrected chi connectivity index (χ1v) is 9.01. The van der Waals surface area contributed by atoms with Gasteiger partial charge >= 0.3 is 0 Å². The molecule has 1 amide bonds. The molecule has 0 saturated heterocycles. The Labute approximate surface area is 162 Å². The van der Waals surface area contributed by atoms with Crippen LogP contribution in [0.15, 0.2) is 71.3 Å². The average molecular weight is 384 g/mol. The summed E-state index contributed by atoms with van der Waals surface area (Å²) in [5, 5.41) is 0.656. The number of fused-ring (bicyclic) bond motifs is 1. The molecule has 6 heteroatoms.